The first-order valence-corrected chi connectivity index (χ1v) is 10.6. The quantitative estimate of drug-likeness (QED) is 0.687. The number of aryl methyl sites for hydroxylation is 1. The molecular weight excluding hydrogens is 408 g/mol. The van der Waals surface area contributed by atoms with Crippen LogP contribution in [0.2, 0.25) is 0 Å². The summed E-state index contributed by atoms with van der Waals surface area (Å²) in [5.74, 6) is 1.32. The first kappa shape index (κ1) is 23.4. The molecule has 1 aromatic carbocycles. The third-order valence-corrected chi connectivity index (χ3v) is 6.19. The van der Waals surface area contributed by atoms with Crippen molar-refractivity contribution in [2.45, 2.75) is 26.8 Å². The molecule has 8 heteroatoms. The van der Waals surface area contributed by atoms with E-state index in [-0.39, 0.29) is 17.9 Å². The van der Waals surface area contributed by atoms with Gasteiger partial charge >= 0.3 is 0 Å². The number of piperazine rings is 1. The van der Waals surface area contributed by atoms with E-state index in [0.29, 0.717) is 44.2 Å². The smallest absolute Gasteiger partial charge is 0.253 e. The van der Waals surface area contributed by atoms with Crippen molar-refractivity contribution < 1.29 is 14.3 Å². The number of nitrogens with zero attached hydrogens (tertiary/aromatic N) is 4. The molecule has 32 heavy (non-hydrogen) atoms. The van der Waals surface area contributed by atoms with Crippen molar-refractivity contribution in [2.24, 2.45) is 7.05 Å². The summed E-state index contributed by atoms with van der Waals surface area (Å²) in [5.41, 5.74) is 4.46. The van der Waals surface area contributed by atoms with Gasteiger partial charge in [-0.25, -0.2) is 0 Å². The lowest BCUT2D eigenvalue weighted by molar-refractivity contribution is -0.131. The molecule has 0 saturated carbocycles. The topological polar surface area (TPSA) is 87.8 Å². The molecule has 2 heterocycles. The molecule has 1 aromatic heterocycles. The van der Waals surface area contributed by atoms with Crippen molar-refractivity contribution in [3.63, 3.8) is 0 Å². The fourth-order valence-electron chi connectivity index (χ4n) is 4.12. The van der Waals surface area contributed by atoms with E-state index < -0.39 is 0 Å². The van der Waals surface area contributed by atoms with Gasteiger partial charge in [0.15, 0.2) is 0 Å². The van der Waals surface area contributed by atoms with Gasteiger partial charge in [-0.3, -0.25) is 14.5 Å². The van der Waals surface area contributed by atoms with E-state index >= 15 is 0 Å². The largest absolute Gasteiger partial charge is 0.496 e. The fraction of sp³-hybridized carbons (Fsp3) is 0.458. The molecule has 1 saturated heterocycles. The average molecular weight is 439 g/mol. The highest BCUT2D eigenvalue weighted by Gasteiger charge is 2.24. The van der Waals surface area contributed by atoms with Crippen molar-refractivity contribution >= 4 is 5.91 Å². The SMILES string of the molecule is COc1cc(-c2cn(C)c(=O)c(C)c2C)cc(OC)c1CN1CCN(C(=O)CC#N)CC1. The zero-order valence-corrected chi connectivity index (χ0v) is 19.4. The number of benzene rings is 1. The molecule has 2 aromatic rings. The van der Waals surface area contributed by atoms with Gasteiger partial charge in [0.2, 0.25) is 5.91 Å². The number of rotatable bonds is 6. The molecule has 3 rings (SSSR count). The van der Waals surface area contributed by atoms with E-state index in [1.54, 1.807) is 30.7 Å². The normalized spacial score (nSPS) is 14.2. The molecule has 0 bridgehead atoms. The molecule has 1 amide bonds. The number of hydrogen-bond donors (Lipinski definition) is 0. The van der Waals surface area contributed by atoms with Crippen molar-refractivity contribution in [1.29, 1.82) is 5.26 Å². The third kappa shape index (κ3) is 4.63. The van der Waals surface area contributed by atoms with Gasteiger partial charge < -0.3 is 18.9 Å². The van der Waals surface area contributed by atoms with Crippen LogP contribution < -0.4 is 15.0 Å². The average Bonchev–Trinajstić information content (AvgIpc) is 2.80. The van der Waals surface area contributed by atoms with Crippen LogP contribution in [0, 0.1) is 25.2 Å². The van der Waals surface area contributed by atoms with Crippen molar-refractivity contribution in [1.82, 2.24) is 14.4 Å². The first-order chi connectivity index (χ1) is 15.3. The Morgan fingerprint density at radius 3 is 2.19 bits per heavy atom. The van der Waals surface area contributed by atoms with Gasteiger partial charge in [0, 0.05) is 57.1 Å². The van der Waals surface area contributed by atoms with Crippen LogP contribution in [0.25, 0.3) is 11.1 Å². The fourth-order valence-corrected chi connectivity index (χ4v) is 4.12. The summed E-state index contributed by atoms with van der Waals surface area (Å²) in [7, 11) is 5.03. The summed E-state index contributed by atoms with van der Waals surface area (Å²) in [6, 6.07) is 5.89. The second-order valence-electron chi connectivity index (χ2n) is 8.06. The number of aromatic nitrogens is 1. The van der Waals surface area contributed by atoms with Gasteiger partial charge in [-0.2, -0.15) is 5.26 Å². The number of hydrogen-bond acceptors (Lipinski definition) is 6. The molecular formula is C24H30N4O4. The van der Waals surface area contributed by atoms with Crippen LogP contribution in [0.4, 0.5) is 0 Å². The summed E-state index contributed by atoms with van der Waals surface area (Å²) < 4.78 is 13.1. The Morgan fingerprint density at radius 2 is 1.66 bits per heavy atom. The Morgan fingerprint density at radius 1 is 1.06 bits per heavy atom. The van der Waals surface area contributed by atoms with Gasteiger partial charge in [0.1, 0.15) is 17.9 Å². The molecule has 0 unspecified atom stereocenters. The zero-order valence-electron chi connectivity index (χ0n) is 19.4. The summed E-state index contributed by atoms with van der Waals surface area (Å²) in [6.45, 7) is 7.03. The standard InChI is InChI=1S/C24H30N4O4/c1-16-17(2)24(30)26(3)14-19(16)18-12-21(31-4)20(22(13-18)32-5)15-27-8-10-28(11-9-27)23(29)6-7-25/h12-14H,6,8-11,15H2,1-5H3. The minimum atomic E-state index is -0.116. The predicted molar refractivity (Wildman–Crippen MR) is 122 cm³/mol. The van der Waals surface area contributed by atoms with Gasteiger partial charge in [-0.15, -0.1) is 0 Å². The molecule has 170 valence electrons. The highest BCUT2D eigenvalue weighted by atomic mass is 16.5. The van der Waals surface area contributed by atoms with E-state index in [0.717, 1.165) is 27.8 Å². The monoisotopic (exact) mass is 438 g/mol. The van der Waals surface area contributed by atoms with E-state index in [9.17, 15) is 9.59 Å². The molecule has 1 fully saturated rings. The maximum atomic E-state index is 12.3. The Kier molecular flexibility index (Phi) is 7.21. The summed E-state index contributed by atoms with van der Waals surface area (Å²) >= 11 is 0. The van der Waals surface area contributed by atoms with Crippen LogP contribution in [0.3, 0.4) is 0 Å². The van der Waals surface area contributed by atoms with Crippen LogP contribution in [-0.4, -0.2) is 60.7 Å². The van der Waals surface area contributed by atoms with E-state index in [1.807, 2.05) is 38.2 Å². The minimum absolute atomic E-state index is 0.00538. The van der Waals surface area contributed by atoms with Crippen LogP contribution >= 0.6 is 0 Å². The lowest BCUT2D eigenvalue weighted by Gasteiger charge is -2.35. The highest BCUT2D eigenvalue weighted by Crippen LogP contribution is 2.37. The molecule has 1 aliphatic heterocycles. The van der Waals surface area contributed by atoms with Gasteiger partial charge in [0.25, 0.3) is 5.56 Å². The summed E-state index contributed by atoms with van der Waals surface area (Å²) in [4.78, 5) is 28.2. The van der Waals surface area contributed by atoms with Crippen LogP contribution in [0.1, 0.15) is 23.1 Å². The number of amides is 1. The molecule has 0 atom stereocenters. The molecule has 8 nitrogen and oxygen atoms in total. The molecule has 0 spiro atoms. The van der Waals surface area contributed by atoms with Gasteiger partial charge in [-0.1, -0.05) is 0 Å². The summed E-state index contributed by atoms with van der Waals surface area (Å²) in [5, 5.41) is 8.74. The number of carbonyl (C=O) groups excluding carboxylic acids is 1. The van der Waals surface area contributed by atoms with Crippen LogP contribution in [0.15, 0.2) is 23.1 Å². The second kappa shape index (κ2) is 9.88. The van der Waals surface area contributed by atoms with Crippen LogP contribution in [0.5, 0.6) is 11.5 Å². The van der Waals surface area contributed by atoms with E-state index in [4.69, 9.17) is 14.7 Å². The Bertz CT molecular complexity index is 1080. The molecule has 0 aliphatic carbocycles. The number of nitriles is 1. The predicted octanol–water partition coefficient (Wildman–Crippen LogP) is 2.24. The third-order valence-electron chi connectivity index (χ3n) is 6.19. The Hall–Kier alpha value is -3.31. The second-order valence-corrected chi connectivity index (χ2v) is 8.06. The summed E-state index contributed by atoms with van der Waals surface area (Å²) in [6.07, 6.45) is 1.77. The minimum Gasteiger partial charge on any atom is -0.496 e. The lowest BCUT2D eigenvalue weighted by Crippen LogP contribution is -2.48. The number of methoxy groups -OCH3 is 2. The van der Waals surface area contributed by atoms with Gasteiger partial charge in [0.05, 0.1) is 25.9 Å². The zero-order chi connectivity index (χ0) is 23.4. The van der Waals surface area contributed by atoms with Crippen molar-refractivity contribution in [2.75, 3.05) is 40.4 Å². The van der Waals surface area contributed by atoms with Gasteiger partial charge in [-0.05, 0) is 37.1 Å². The van der Waals surface area contributed by atoms with E-state index in [2.05, 4.69) is 4.90 Å². The highest BCUT2D eigenvalue weighted by molar-refractivity contribution is 5.78. The van der Waals surface area contributed by atoms with Crippen molar-refractivity contribution in [3.8, 4) is 28.7 Å². The Labute approximate surface area is 188 Å². The molecule has 1 aliphatic rings. The molecule has 0 radical (unpaired) electrons. The maximum absolute atomic E-state index is 12.3. The molecule has 0 N–H and O–H groups in total. The Balaban J connectivity index is 1.89. The first-order valence-electron chi connectivity index (χ1n) is 10.6. The number of pyridine rings is 1. The lowest BCUT2D eigenvalue weighted by atomic mass is 9.97. The van der Waals surface area contributed by atoms with Crippen molar-refractivity contribution in [3.05, 3.63) is 45.4 Å². The maximum Gasteiger partial charge on any atom is 0.253 e. The number of ether oxygens (including phenoxy) is 2. The number of carbonyl (C=O) groups is 1. The van der Waals surface area contributed by atoms with Crippen LogP contribution in [-0.2, 0) is 18.4 Å². The van der Waals surface area contributed by atoms with E-state index in [1.165, 1.54) is 0 Å².